The van der Waals surface area contributed by atoms with E-state index in [9.17, 15) is 4.39 Å². The molecule has 9 heteroatoms. The van der Waals surface area contributed by atoms with E-state index >= 15 is 0 Å². The lowest BCUT2D eigenvalue weighted by Gasteiger charge is -2.38. The Labute approximate surface area is 186 Å². The Bertz CT molecular complexity index is 1070. The molecule has 8 nitrogen and oxygen atoms in total. The van der Waals surface area contributed by atoms with Crippen molar-refractivity contribution in [3.05, 3.63) is 48.2 Å². The van der Waals surface area contributed by atoms with Crippen LogP contribution in [0.5, 0.6) is 11.8 Å². The van der Waals surface area contributed by atoms with Gasteiger partial charge in [-0.05, 0) is 69.7 Å². The zero-order valence-electron chi connectivity index (χ0n) is 18.6. The number of ether oxygens (including phenoxy) is 1. The molecule has 0 radical (unpaired) electrons. The lowest BCUT2D eigenvalue weighted by molar-refractivity contribution is 0.373. The first-order valence-corrected chi connectivity index (χ1v) is 11.2. The third-order valence-corrected chi connectivity index (χ3v) is 6.35. The van der Waals surface area contributed by atoms with Gasteiger partial charge in [0.25, 0.3) is 0 Å². The van der Waals surface area contributed by atoms with Crippen LogP contribution in [-0.2, 0) is 0 Å². The summed E-state index contributed by atoms with van der Waals surface area (Å²) in [5.74, 6) is 2.80. The van der Waals surface area contributed by atoms with Gasteiger partial charge in [0.05, 0.1) is 6.04 Å². The molecule has 3 aromatic rings. The number of hydrogen-bond acceptors (Lipinski definition) is 7. The predicted octanol–water partition coefficient (Wildman–Crippen LogP) is 4.22. The van der Waals surface area contributed by atoms with Crippen LogP contribution >= 0.6 is 0 Å². The molecule has 2 unspecified atom stereocenters. The quantitative estimate of drug-likeness (QED) is 0.618. The van der Waals surface area contributed by atoms with Crippen LogP contribution in [0.1, 0.15) is 38.4 Å². The number of nitrogens with one attached hydrogen (secondary N) is 1. The van der Waals surface area contributed by atoms with Crippen molar-refractivity contribution in [3.8, 4) is 11.8 Å². The maximum absolute atomic E-state index is 13.2. The number of aromatic nitrogens is 5. The second-order valence-corrected chi connectivity index (χ2v) is 9.00. The van der Waals surface area contributed by atoms with Gasteiger partial charge in [-0.15, -0.1) is 5.10 Å². The zero-order valence-corrected chi connectivity index (χ0v) is 18.6. The summed E-state index contributed by atoms with van der Waals surface area (Å²) in [6, 6.07) is 8.76. The molecule has 1 saturated carbocycles. The van der Waals surface area contributed by atoms with Gasteiger partial charge in [0.2, 0.25) is 5.95 Å². The molecule has 168 valence electrons. The van der Waals surface area contributed by atoms with Crippen LogP contribution in [0.15, 0.2) is 36.7 Å². The van der Waals surface area contributed by atoms with Gasteiger partial charge in [-0.2, -0.15) is 4.98 Å². The molecule has 1 aliphatic heterocycles. The summed E-state index contributed by atoms with van der Waals surface area (Å²) in [6.07, 6.45) is 3.99. The Balaban J connectivity index is 1.31. The standard InChI is InChI=1S/C23H28FN7O/c1-14(2)31-23(32-19-8-6-18(24)7-9-19)28-22(29-31)27-21-16-4-5-17(21)12-30(11-16)20-10-15(3)25-13-26-20/h6-10,13-14,16-17,21H,4-5,11-12H2,1-3H3,(H,27,29). The van der Waals surface area contributed by atoms with Gasteiger partial charge in [-0.25, -0.2) is 19.0 Å². The Morgan fingerprint density at radius 3 is 2.47 bits per heavy atom. The van der Waals surface area contributed by atoms with E-state index in [4.69, 9.17) is 4.74 Å². The third-order valence-electron chi connectivity index (χ3n) is 6.35. The average Bonchev–Trinajstić information content (AvgIpc) is 3.26. The number of benzene rings is 1. The summed E-state index contributed by atoms with van der Waals surface area (Å²) in [7, 11) is 0. The van der Waals surface area contributed by atoms with Crippen molar-refractivity contribution in [1.82, 2.24) is 24.7 Å². The smallest absolute Gasteiger partial charge is 0.322 e. The van der Waals surface area contributed by atoms with Crippen LogP contribution in [0, 0.1) is 24.6 Å². The van der Waals surface area contributed by atoms with E-state index in [0.717, 1.165) is 24.6 Å². The molecular weight excluding hydrogens is 409 g/mol. The van der Waals surface area contributed by atoms with Crippen molar-refractivity contribution in [2.24, 2.45) is 11.8 Å². The number of rotatable bonds is 6. The van der Waals surface area contributed by atoms with Gasteiger partial charge in [-0.3, -0.25) is 0 Å². The summed E-state index contributed by atoms with van der Waals surface area (Å²) >= 11 is 0. The first-order chi connectivity index (χ1) is 15.5. The maximum atomic E-state index is 13.2. The van der Waals surface area contributed by atoms with Crippen molar-refractivity contribution in [2.75, 3.05) is 23.3 Å². The lowest BCUT2D eigenvalue weighted by Crippen LogP contribution is -2.48. The van der Waals surface area contributed by atoms with Gasteiger partial charge < -0.3 is 15.0 Å². The monoisotopic (exact) mass is 437 g/mol. The summed E-state index contributed by atoms with van der Waals surface area (Å²) < 4.78 is 20.9. The fraction of sp³-hybridized carbons (Fsp3) is 0.478. The second-order valence-electron chi connectivity index (χ2n) is 9.00. The minimum atomic E-state index is -0.302. The van der Waals surface area contributed by atoms with Crippen molar-refractivity contribution in [1.29, 1.82) is 0 Å². The predicted molar refractivity (Wildman–Crippen MR) is 119 cm³/mol. The minimum Gasteiger partial charge on any atom is -0.424 e. The van der Waals surface area contributed by atoms with E-state index in [-0.39, 0.29) is 11.9 Å². The van der Waals surface area contributed by atoms with Crippen molar-refractivity contribution >= 4 is 11.8 Å². The molecule has 5 rings (SSSR count). The molecule has 2 fully saturated rings. The van der Waals surface area contributed by atoms with Gasteiger partial charge in [0.15, 0.2) is 0 Å². The molecule has 2 bridgehead atoms. The highest BCUT2D eigenvalue weighted by atomic mass is 19.1. The topological polar surface area (TPSA) is 81.0 Å². The number of hydrogen-bond donors (Lipinski definition) is 1. The molecule has 1 aliphatic carbocycles. The average molecular weight is 438 g/mol. The molecular formula is C23H28FN7O. The molecule has 3 heterocycles. The highest BCUT2D eigenvalue weighted by molar-refractivity contribution is 5.42. The Hall–Kier alpha value is -3.23. The van der Waals surface area contributed by atoms with E-state index in [2.05, 4.69) is 36.3 Å². The summed E-state index contributed by atoms with van der Waals surface area (Å²) in [6.45, 7) is 7.96. The largest absolute Gasteiger partial charge is 0.424 e. The molecule has 2 aliphatic rings. The highest BCUT2D eigenvalue weighted by Crippen LogP contribution is 2.40. The van der Waals surface area contributed by atoms with E-state index in [0.29, 0.717) is 35.6 Å². The Morgan fingerprint density at radius 2 is 1.81 bits per heavy atom. The second kappa shape index (κ2) is 8.37. The van der Waals surface area contributed by atoms with Gasteiger partial charge in [0, 0.05) is 30.9 Å². The SMILES string of the molecule is Cc1cc(N2CC3CCC(C2)C3Nc2nc(Oc3ccc(F)cc3)n(C(C)C)n2)ncn1. The zero-order chi connectivity index (χ0) is 22.2. The van der Waals surface area contributed by atoms with E-state index < -0.39 is 0 Å². The third kappa shape index (κ3) is 4.11. The van der Waals surface area contributed by atoms with Crippen LogP contribution in [0.2, 0.25) is 0 Å². The molecule has 2 aromatic heterocycles. The number of anilines is 2. The fourth-order valence-electron chi connectivity index (χ4n) is 4.79. The number of nitrogens with zero attached hydrogens (tertiary/aromatic N) is 6. The van der Waals surface area contributed by atoms with Crippen LogP contribution in [-0.4, -0.2) is 43.9 Å². The van der Waals surface area contributed by atoms with Gasteiger partial charge >= 0.3 is 6.01 Å². The Morgan fingerprint density at radius 1 is 1.09 bits per heavy atom. The van der Waals surface area contributed by atoms with E-state index in [1.165, 1.54) is 25.0 Å². The molecule has 0 amide bonds. The van der Waals surface area contributed by atoms with Gasteiger partial charge in [0.1, 0.15) is 23.7 Å². The summed E-state index contributed by atoms with van der Waals surface area (Å²) in [5, 5.41) is 8.26. The first kappa shape index (κ1) is 20.7. The molecule has 1 saturated heterocycles. The van der Waals surface area contributed by atoms with Crippen LogP contribution in [0.25, 0.3) is 0 Å². The summed E-state index contributed by atoms with van der Waals surface area (Å²) in [4.78, 5) is 15.7. The number of fused-ring (bicyclic) bond motifs is 2. The fourth-order valence-corrected chi connectivity index (χ4v) is 4.79. The van der Waals surface area contributed by atoms with E-state index in [1.807, 2.05) is 20.8 Å². The number of aryl methyl sites for hydroxylation is 1. The van der Waals surface area contributed by atoms with Crippen molar-refractivity contribution < 1.29 is 9.13 Å². The minimum absolute atomic E-state index is 0.0769. The van der Waals surface area contributed by atoms with E-state index in [1.54, 1.807) is 23.1 Å². The molecule has 2 atom stereocenters. The lowest BCUT2D eigenvalue weighted by atomic mass is 9.92. The molecule has 0 spiro atoms. The Kier molecular flexibility index (Phi) is 5.40. The molecule has 1 N–H and O–H groups in total. The van der Waals surface area contributed by atoms with Gasteiger partial charge in [-0.1, -0.05) is 0 Å². The number of piperidine rings is 1. The van der Waals surface area contributed by atoms with Crippen LogP contribution < -0.4 is 15.0 Å². The number of halogens is 1. The van der Waals surface area contributed by atoms with Crippen LogP contribution in [0.3, 0.4) is 0 Å². The molecule has 32 heavy (non-hydrogen) atoms. The molecule has 1 aromatic carbocycles. The van der Waals surface area contributed by atoms with Crippen LogP contribution in [0.4, 0.5) is 16.2 Å². The van der Waals surface area contributed by atoms with Crippen molar-refractivity contribution in [3.63, 3.8) is 0 Å². The highest BCUT2D eigenvalue weighted by Gasteiger charge is 2.43. The normalized spacial score (nSPS) is 22.4. The maximum Gasteiger partial charge on any atom is 0.322 e. The summed E-state index contributed by atoms with van der Waals surface area (Å²) in [5.41, 5.74) is 0.986. The first-order valence-electron chi connectivity index (χ1n) is 11.2. The van der Waals surface area contributed by atoms with Crippen molar-refractivity contribution in [2.45, 2.75) is 45.7 Å².